The summed E-state index contributed by atoms with van der Waals surface area (Å²) in [5, 5.41) is 17.6. The van der Waals surface area contributed by atoms with Crippen LogP contribution in [0.3, 0.4) is 0 Å². The number of aliphatic carboxylic acids is 1. The SMILES string of the molecule is O=C(O)CSc1nnc(-c2cnccn2)n1C1CC1. The minimum absolute atomic E-state index is 0.0225. The molecule has 1 aliphatic rings. The highest BCUT2D eigenvalue weighted by molar-refractivity contribution is 7.99. The molecule has 0 aromatic carbocycles. The standard InChI is InChI=1S/C11H11N5O2S/c17-9(18)6-19-11-15-14-10(16(11)7-1-2-7)8-5-12-3-4-13-8/h3-5,7H,1-2,6H2,(H,17,18). The molecule has 0 bridgehead atoms. The summed E-state index contributed by atoms with van der Waals surface area (Å²) in [6.07, 6.45) is 6.96. The van der Waals surface area contributed by atoms with Crippen LogP contribution in [0.1, 0.15) is 18.9 Å². The molecule has 8 heteroatoms. The predicted molar refractivity (Wildman–Crippen MR) is 67.7 cm³/mol. The quantitative estimate of drug-likeness (QED) is 0.822. The maximum atomic E-state index is 10.6. The van der Waals surface area contributed by atoms with Crippen molar-refractivity contribution >= 4 is 17.7 Å². The Labute approximate surface area is 113 Å². The summed E-state index contributed by atoms with van der Waals surface area (Å²) in [6, 6.07) is 0.350. The van der Waals surface area contributed by atoms with Gasteiger partial charge in [-0.3, -0.25) is 14.3 Å². The van der Waals surface area contributed by atoms with E-state index in [1.807, 2.05) is 4.57 Å². The number of aromatic nitrogens is 5. The van der Waals surface area contributed by atoms with Crippen molar-refractivity contribution in [3.8, 4) is 11.5 Å². The third kappa shape index (κ3) is 2.58. The first kappa shape index (κ1) is 12.1. The number of carboxylic acid groups (broad SMARTS) is 1. The molecule has 0 radical (unpaired) electrons. The van der Waals surface area contributed by atoms with E-state index in [1.54, 1.807) is 18.6 Å². The molecule has 0 amide bonds. The van der Waals surface area contributed by atoms with Crippen molar-refractivity contribution in [3.05, 3.63) is 18.6 Å². The van der Waals surface area contributed by atoms with Gasteiger partial charge in [-0.25, -0.2) is 4.98 Å². The third-order valence-corrected chi connectivity index (χ3v) is 3.62. The fourth-order valence-corrected chi connectivity index (χ4v) is 2.48. The normalized spacial score (nSPS) is 14.5. The maximum Gasteiger partial charge on any atom is 0.313 e. The molecule has 0 spiro atoms. The van der Waals surface area contributed by atoms with Gasteiger partial charge in [0.1, 0.15) is 5.69 Å². The minimum atomic E-state index is -0.864. The van der Waals surface area contributed by atoms with Gasteiger partial charge in [-0.15, -0.1) is 10.2 Å². The Bertz CT molecular complexity index is 596. The molecule has 0 unspecified atom stereocenters. The van der Waals surface area contributed by atoms with Crippen LogP contribution in [-0.2, 0) is 4.79 Å². The van der Waals surface area contributed by atoms with Crippen LogP contribution >= 0.6 is 11.8 Å². The Kier molecular flexibility index (Phi) is 3.16. The number of carboxylic acids is 1. The lowest BCUT2D eigenvalue weighted by molar-refractivity contribution is -0.133. The summed E-state index contributed by atoms with van der Waals surface area (Å²) < 4.78 is 1.97. The van der Waals surface area contributed by atoms with Crippen LogP contribution in [-0.4, -0.2) is 41.6 Å². The summed E-state index contributed by atoms with van der Waals surface area (Å²) >= 11 is 1.18. The van der Waals surface area contributed by atoms with Crippen molar-refractivity contribution in [1.82, 2.24) is 24.7 Å². The van der Waals surface area contributed by atoms with Gasteiger partial charge in [0.05, 0.1) is 11.9 Å². The first-order chi connectivity index (χ1) is 9.25. The van der Waals surface area contributed by atoms with Crippen molar-refractivity contribution in [3.63, 3.8) is 0 Å². The zero-order valence-corrected chi connectivity index (χ0v) is 10.7. The van der Waals surface area contributed by atoms with Crippen LogP contribution in [0.2, 0.25) is 0 Å². The van der Waals surface area contributed by atoms with Gasteiger partial charge in [-0.2, -0.15) is 0 Å². The summed E-state index contributed by atoms with van der Waals surface area (Å²) in [7, 11) is 0. The highest BCUT2D eigenvalue weighted by atomic mass is 32.2. The molecule has 0 aliphatic heterocycles. The molecule has 98 valence electrons. The number of carbonyl (C=O) groups is 1. The molecule has 7 nitrogen and oxygen atoms in total. The van der Waals surface area contributed by atoms with Crippen molar-refractivity contribution in [2.24, 2.45) is 0 Å². The van der Waals surface area contributed by atoms with Gasteiger partial charge in [-0.1, -0.05) is 11.8 Å². The average Bonchev–Trinajstić information content (AvgIpc) is 3.17. The van der Waals surface area contributed by atoms with Crippen molar-refractivity contribution in [1.29, 1.82) is 0 Å². The summed E-state index contributed by atoms with van der Waals surface area (Å²) in [5.41, 5.74) is 0.657. The molecule has 1 N–H and O–H groups in total. The van der Waals surface area contributed by atoms with E-state index in [0.29, 0.717) is 22.7 Å². The van der Waals surface area contributed by atoms with Crippen LogP contribution < -0.4 is 0 Å². The molecular weight excluding hydrogens is 266 g/mol. The molecule has 1 fully saturated rings. The predicted octanol–water partition coefficient (Wildman–Crippen LogP) is 1.25. The average molecular weight is 277 g/mol. The fraction of sp³-hybridized carbons (Fsp3) is 0.364. The zero-order valence-electron chi connectivity index (χ0n) is 9.93. The molecule has 1 saturated carbocycles. The van der Waals surface area contributed by atoms with Gasteiger partial charge < -0.3 is 5.11 Å². The smallest absolute Gasteiger partial charge is 0.313 e. The molecule has 2 aromatic rings. The van der Waals surface area contributed by atoms with Crippen molar-refractivity contribution in [2.75, 3.05) is 5.75 Å². The number of rotatable bonds is 5. The van der Waals surface area contributed by atoms with E-state index in [1.165, 1.54) is 11.8 Å². The molecule has 0 atom stereocenters. The number of nitrogens with zero attached hydrogens (tertiary/aromatic N) is 5. The molecule has 0 saturated heterocycles. The van der Waals surface area contributed by atoms with E-state index in [2.05, 4.69) is 20.2 Å². The van der Waals surface area contributed by atoms with Gasteiger partial charge in [0.2, 0.25) is 0 Å². The molecule has 3 rings (SSSR count). The summed E-state index contributed by atoms with van der Waals surface area (Å²) in [6.45, 7) is 0. The van der Waals surface area contributed by atoms with Gasteiger partial charge >= 0.3 is 5.97 Å². The summed E-state index contributed by atoms with van der Waals surface area (Å²) in [5.74, 6) is -0.231. The molecule has 1 aliphatic carbocycles. The van der Waals surface area contributed by atoms with E-state index in [-0.39, 0.29) is 5.75 Å². The lowest BCUT2D eigenvalue weighted by atomic mass is 10.4. The lowest BCUT2D eigenvalue weighted by Gasteiger charge is -2.06. The summed E-state index contributed by atoms with van der Waals surface area (Å²) in [4.78, 5) is 18.9. The van der Waals surface area contributed by atoms with Gasteiger partial charge in [0, 0.05) is 18.4 Å². The van der Waals surface area contributed by atoms with E-state index < -0.39 is 5.97 Å². The lowest BCUT2D eigenvalue weighted by Crippen LogP contribution is -2.03. The number of hydrogen-bond acceptors (Lipinski definition) is 6. The monoisotopic (exact) mass is 277 g/mol. The van der Waals surface area contributed by atoms with Gasteiger partial charge in [0.15, 0.2) is 11.0 Å². The molecule has 19 heavy (non-hydrogen) atoms. The second-order valence-corrected chi connectivity index (χ2v) is 5.12. The number of hydrogen-bond donors (Lipinski definition) is 1. The Hall–Kier alpha value is -1.96. The highest BCUT2D eigenvalue weighted by Gasteiger charge is 2.30. The van der Waals surface area contributed by atoms with Crippen LogP contribution in [0, 0.1) is 0 Å². The van der Waals surface area contributed by atoms with Crippen LogP contribution in [0.25, 0.3) is 11.5 Å². The third-order valence-electron chi connectivity index (χ3n) is 2.69. The van der Waals surface area contributed by atoms with Crippen molar-refractivity contribution < 1.29 is 9.90 Å². The number of thioether (sulfide) groups is 1. The van der Waals surface area contributed by atoms with Crippen LogP contribution in [0.15, 0.2) is 23.7 Å². The Morgan fingerprint density at radius 1 is 1.42 bits per heavy atom. The largest absolute Gasteiger partial charge is 0.481 e. The fourth-order valence-electron chi connectivity index (χ4n) is 1.75. The van der Waals surface area contributed by atoms with E-state index in [4.69, 9.17) is 5.11 Å². The van der Waals surface area contributed by atoms with E-state index in [0.717, 1.165) is 12.8 Å². The minimum Gasteiger partial charge on any atom is -0.481 e. The first-order valence-electron chi connectivity index (χ1n) is 5.81. The second-order valence-electron chi connectivity index (χ2n) is 4.18. The Morgan fingerprint density at radius 2 is 2.26 bits per heavy atom. The van der Waals surface area contributed by atoms with Crippen molar-refractivity contribution in [2.45, 2.75) is 24.0 Å². The molecular formula is C11H11N5O2S. The Balaban J connectivity index is 1.94. The maximum absolute atomic E-state index is 10.6. The van der Waals surface area contributed by atoms with Gasteiger partial charge in [0.25, 0.3) is 0 Å². The first-order valence-corrected chi connectivity index (χ1v) is 6.80. The topological polar surface area (TPSA) is 93.8 Å². The second kappa shape index (κ2) is 4.96. The highest BCUT2D eigenvalue weighted by Crippen LogP contribution is 2.40. The zero-order chi connectivity index (χ0) is 13.2. The molecule has 2 aromatic heterocycles. The Morgan fingerprint density at radius 3 is 2.89 bits per heavy atom. The van der Waals surface area contributed by atoms with Crippen LogP contribution in [0.4, 0.5) is 0 Å². The molecule has 2 heterocycles. The van der Waals surface area contributed by atoms with E-state index in [9.17, 15) is 4.79 Å². The van der Waals surface area contributed by atoms with Gasteiger partial charge in [-0.05, 0) is 12.8 Å². The van der Waals surface area contributed by atoms with E-state index >= 15 is 0 Å². The van der Waals surface area contributed by atoms with Crippen LogP contribution in [0.5, 0.6) is 0 Å².